The molecule has 0 aromatic heterocycles. The molecule has 3 N–H and O–H groups in total. The second-order valence-corrected chi connectivity index (χ2v) is 15.3. The van der Waals surface area contributed by atoms with Gasteiger partial charge < -0.3 is 35.4 Å². The van der Waals surface area contributed by atoms with Crippen LogP contribution in [0.15, 0.2) is 42.5 Å². The standard InChI is InChI=1S/C40H50F2N6O8/c1-21-9-11-26(12-10-21)18-33(49)44-30(17-27-15-28(41)19-29(42)16-27)36(51)45-34-25(5)56-40(55)32-14-22(2)20-48(32)37(52)23(3)43-35(50)24(4)46(6)38(53)31-8-7-13-47(31)39(34)54/h9-12,15-16,19,22-25,30-32,34H,7-8,13-14,17-18,20H2,1-6H3,(H,43,50)(H,44,49)(H,45,51)/t22-,23-,24-,25-,30-,31-,32-,34-/m0/s1. The minimum absolute atomic E-state index is 0.0443. The Kier molecular flexibility index (Phi) is 13.1. The molecule has 0 radical (unpaired) electrons. The van der Waals surface area contributed by atoms with E-state index in [0.29, 0.717) is 18.1 Å². The number of fused-ring (bicyclic) bond motifs is 2. The molecule has 2 aromatic rings. The van der Waals surface area contributed by atoms with Gasteiger partial charge in [-0.1, -0.05) is 36.8 Å². The summed E-state index contributed by atoms with van der Waals surface area (Å²) in [6, 6.07) is 2.60. The zero-order valence-electron chi connectivity index (χ0n) is 32.5. The number of amides is 6. The Morgan fingerprint density at radius 1 is 0.893 bits per heavy atom. The number of cyclic esters (lactones) is 1. The number of carbonyl (C=O) groups excluding carboxylic acids is 7. The van der Waals surface area contributed by atoms with Crippen molar-refractivity contribution in [3.63, 3.8) is 0 Å². The van der Waals surface area contributed by atoms with E-state index < -0.39 is 95.4 Å². The molecule has 3 saturated heterocycles. The fourth-order valence-electron chi connectivity index (χ4n) is 7.50. The molecule has 302 valence electrons. The summed E-state index contributed by atoms with van der Waals surface area (Å²) in [5.74, 6) is -6.73. The number of rotatable bonds is 7. The van der Waals surface area contributed by atoms with Crippen LogP contribution in [-0.4, -0.2) is 119 Å². The van der Waals surface area contributed by atoms with Gasteiger partial charge in [0.25, 0.3) is 0 Å². The normalized spacial score (nSPS) is 27.0. The maximum Gasteiger partial charge on any atom is 0.329 e. The van der Waals surface area contributed by atoms with Gasteiger partial charge in [-0.3, -0.25) is 28.8 Å². The quantitative estimate of drug-likeness (QED) is 0.355. The van der Waals surface area contributed by atoms with Crippen molar-refractivity contribution in [3.05, 3.63) is 70.8 Å². The van der Waals surface area contributed by atoms with Crippen molar-refractivity contribution in [3.8, 4) is 0 Å². The van der Waals surface area contributed by atoms with Crippen molar-refractivity contribution in [2.45, 2.75) is 109 Å². The van der Waals surface area contributed by atoms with Gasteiger partial charge in [-0.05, 0) is 76.1 Å². The predicted molar refractivity (Wildman–Crippen MR) is 198 cm³/mol. The molecular weight excluding hydrogens is 730 g/mol. The van der Waals surface area contributed by atoms with Gasteiger partial charge in [0.05, 0.1) is 6.42 Å². The Bertz CT molecular complexity index is 1840. The number of nitrogens with zero attached hydrogens (tertiary/aromatic N) is 3. The number of ether oxygens (including phenoxy) is 1. The van der Waals surface area contributed by atoms with E-state index >= 15 is 0 Å². The highest BCUT2D eigenvalue weighted by Crippen LogP contribution is 2.27. The first-order chi connectivity index (χ1) is 26.4. The molecule has 56 heavy (non-hydrogen) atoms. The predicted octanol–water partition coefficient (Wildman–Crippen LogP) is 1.55. The number of likely N-dealkylation sites (N-methyl/N-ethyl adjacent to an activating group) is 1. The zero-order valence-corrected chi connectivity index (χ0v) is 32.5. The Morgan fingerprint density at radius 3 is 2.21 bits per heavy atom. The second-order valence-electron chi connectivity index (χ2n) is 15.3. The molecule has 5 rings (SSSR count). The van der Waals surface area contributed by atoms with Crippen LogP contribution >= 0.6 is 0 Å². The van der Waals surface area contributed by atoms with Gasteiger partial charge in [0, 0.05) is 32.6 Å². The lowest BCUT2D eigenvalue weighted by Crippen LogP contribution is -2.62. The van der Waals surface area contributed by atoms with Gasteiger partial charge in [-0.15, -0.1) is 0 Å². The van der Waals surface area contributed by atoms with Gasteiger partial charge in [-0.25, -0.2) is 13.6 Å². The molecule has 8 atom stereocenters. The summed E-state index contributed by atoms with van der Waals surface area (Å²) < 4.78 is 34.4. The summed E-state index contributed by atoms with van der Waals surface area (Å²) in [5.41, 5.74) is 1.66. The van der Waals surface area contributed by atoms with Crippen LogP contribution in [0, 0.1) is 24.5 Å². The Morgan fingerprint density at radius 2 is 1.55 bits per heavy atom. The number of hydrogen-bond acceptors (Lipinski definition) is 8. The summed E-state index contributed by atoms with van der Waals surface area (Å²) in [6.07, 6.45) is -0.975. The topological polar surface area (TPSA) is 175 Å². The van der Waals surface area contributed by atoms with Gasteiger partial charge in [-0.2, -0.15) is 0 Å². The van der Waals surface area contributed by atoms with E-state index in [9.17, 15) is 42.3 Å². The van der Waals surface area contributed by atoms with Crippen LogP contribution in [0.25, 0.3) is 0 Å². The van der Waals surface area contributed by atoms with E-state index in [0.717, 1.165) is 17.7 Å². The van der Waals surface area contributed by atoms with Gasteiger partial charge in [0.1, 0.15) is 54.0 Å². The molecule has 0 saturated carbocycles. The number of nitrogens with one attached hydrogen (secondary N) is 3. The van der Waals surface area contributed by atoms with E-state index in [1.165, 1.54) is 42.5 Å². The SMILES string of the molecule is Cc1ccc(CC(=O)N[C@@H](Cc2cc(F)cc(F)c2)C(=O)N[C@@H]2C(=O)N3CCC[C@H]3C(=O)N(C)[C@@H](C)C(=O)N[C@@H](C)C(=O)N3C[C@@H](C)C[C@H]3C(=O)O[C@H]2C)cc1. The van der Waals surface area contributed by atoms with Gasteiger partial charge in [0.15, 0.2) is 0 Å². The summed E-state index contributed by atoms with van der Waals surface area (Å²) in [4.78, 5) is 100. The Labute approximate surface area is 324 Å². The number of carbonyl (C=O) groups is 7. The molecule has 0 aliphatic carbocycles. The van der Waals surface area contributed by atoms with Crippen molar-refractivity contribution in [2.75, 3.05) is 20.1 Å². The highest BCUT2D eigenvalue weighted by atomic mass is 19.1. The molecule has 2 aromatic carbocycles. The van der Waals surface area contributed by atoms with Crippen LogP contribution in [0.5, 0.6) is 0 Å². The lowest BCUT2D eigenvalue weighted by atomic mass is 10.0. The molecule has 3 aliphatic rings. The van der Waals surface area contributed by atoms with Crippen molar-refractivity contribution in [1.29, 1.82) is 0 Å². The van der Waals surface area contributed by atoms with Gasteiger partial charge in [0.2, 0.25) is 35.4 Å². The van der Waals surface area contributed by atoms with E-state index in [1.54, 1.807) is 12.1 Å². The molecule has 3 aliphatic heterocycles. The first-order valence-corrected chi connectivity index (χ1v) is 18.9. The largest absolute Gasteiger partial charge is 0.458 e. The number of esters is 1. The summed E-state index contributed by atoms with van der Waals surface area (Å²) in [5, 5.41) is 7.91. The summed E-state index contributed by atoms with van der Waals surface area (Å²) in [7, 11) is 1.42. The number of benzene rings is 2. The number of halogens is 2. The van der Waals surface area contributed by atoms with Gasteiger partial charge >= 0.3 is 5.97 Å². The molecule has 3 fully saturated rings. The van der Waals surface area contributed by atoms with E-state index in [4.69, 9.17) is 4.74 Å². The number of hydrogen-bond donors (Lipinski definition) is 3. The first kappa shape index (κ1) is 41.7. The third kappa shape index (κ3) is 9.69. The van der Waals surface area contributed by atoms with Crippen molar-refractivity contribution in [1.82, 2.24) is 30.7 Å². The molecular formula is C40H50F2N6O8. The van der Waals surface area contributed by atoms with Crippen LogP contribution in [0.1, 0.15) is 63.6 Å². The molecule has 3 heterocycles. The third-order valence-corrected chi connectivity index (χ3v) is 10.8. The highest BCUT2D eigenvalue weighted by molar-refractivity contribution is 5.97. The molecule has 0 unspecified atom stereocenters. The average Bonchev–Trinajstić information content (AvgIpc) is 3.79. The molecule has 0 spiro atoms. The van der Waals surface area contributed by atoms with Crippen molar-refractivity contribution < 1.29 is 47.1 Å². The fraction of sp³-hybridized carbons (Fsp3) is 0.525. The maximum atomic E-state index is 14.5. The minimum atomic E-state index is -1.61. The minimum Gasteiger partial charge on any atom is -0.458 e. The zero-order chi connectivity index (χ0) is 41.0. The smallest absolute Gasteiger partial charge is 0.329 e. The van der Waals surface area contributed by atoms with Crippen LogP contribution in [0.4, 0.5) is 8.78 Å². The highest BCUT2D eigenvalue weighted by Gasteiger charge is 2.46. The van der Waals surface area contributed by atoms with E-state index in [2.05, 4.69) is 16.0 Å². The third-order valence-electron chi connectivity index (χ3n) is 10.8. The first-order valence-electron chi connectivity index (χ1n) is 18.9. The van der Waals surface area contributed by atoms with Crippen LogP contribution in [0.3, 0.4) is 0 Å². The van der Waals surface area contributed by atoms with E-state index in [1.807, 2.05) is 26.0 Å². The second kappa shape index (κ2) is 17.6. The Hall–Kier alpha value is -5.41. The molecule has 14 nitrogen and oxygen atoms in total. The monoisotopic (exact) mass is 780 g/mol. The molecule has 16 heteroatoms. The van der Waals surface area contributed by atoms with Crippen LogP contribution in [0.2, 0.25) is 0 Å². The molecule has 6 amide bonds. The molecule has 0 bridgehead atoms. The van der Waals surface area contributed by atoms with Crippen LogP contribution < -0.4 is 16.0 Å². The number of aryl methyl sites for hydroxylation is 1. The average molecular weight is 781 g/mol. The van der Waals surface area contributed by atoms with Crippen molar-refractivity contribution in [2.24, 2.45) is 5.92 Å². The lowest BCUT2D eigenvalue weighted by molar-refractivity contribution is -0.162. The Balaban J connectivity index is 1.49. The lowest BCUT2D eigenvalue weighted by Gasteiger charge is -2.36. The summed E-state index contributed by atoms with van der Waals surface area (Å²) in [6.45, 7) is 8.42. The van der Waals surface area contributed by atoms with E-state index in [-0.39, 0.29) is 50.3 Å². The summed E-state index contributed by atoms with van der Waals surface area (Å²) >= 11 is 0. The maximum absolute atomic E-state index is 14.5. The van der Waals surface area contributed by atoms with Crippen LogP contribution in [-0.2, 0) is 51.1 Å². The fourth-order valence-corrected chi connectivity index (χ4v) is 7.50. The van der Waals surface area contributed by atoms with Crippen molar-refractivity contribution >= 4 is 41.4 Å².